The number of non-ortho nitro benzene ring substituents is 1. The fraction of sp³-hybridized carbons (Fsp3) is 0.333. The minimum atomic E-state index is -0.896. The van der Waals surface area contributed by atoms with Crippen molar-refractivity contribution in [2.45, 2.75) is 31.9 Å². The Kier molecular flexibility index (Phi) is 6.02. The predicted molar refractivity (Wildman–Crippen MR) is 116 cm³/mol. The zero-order valence-corrected chi connectivity index (χ0v) is 18.0. The number of rotatable bonds is 4. The average molecular weight is 429 g/mol. The Morgan fingerprint density at radius 1 is 1.20 bits per heavy atom. The number of hydrogen-bond acceptors (Lipinski definition) is 7. The number of nitrogens with zero attached hydrogens (tertiary/aromatic N) is 2. The molecule has 2 aromatic rings. The highest BCUT2D eigenvalue weighted by Gasteiger charge is 2.40. The van der Waals surface area contributed by atoms with Gasteiger partial charge in [-0.2, -0.15) is 0 Å². The highest BCUT2D eigenvalue weighted by molar-refractivity contribution is 8.14. The molecule has 8 nitrogen and oxygen atoms in total. The molecule has 0 bridgehead atoms. The standard InChI is InChI=1S/C21H23N3O5S/c1-20(2,3)29-19(25)22-18-23-21(13-30-18,14-8-10-17(28-4)11-9-14)15-6-5-7-16(12-15)24(26)27/h5-12H,13H2,1-4H3,(H,22,23,25). The molecule has 0 aromatic heterocycles. The smallest absolute Gasteiger partial charge is 0.413 e. The van der Waals surface area contributed by atoms with Gasteiger partial charge in [0, 0.05) is 17.9 Å². The quantitative estimate of drug-likeness (QED) is 0.568. The lowest BCUT2D eigenvalue weighted by atomic mass is 9.85. The predicted octanol–water partition coefficient (Wildman–Crippen LogP) is 4.47. The molecule has 158 valence electrons. The first-order chi connectivity index (χ1) is 14.1. The van der Waals surface area contributed by atoms with Gasteiger partial charge in [-0.05, 0) is 44.0 Å². The van der Waals surface area contributed by atoms with E-state index in [2.05, 4.69) is 5.32 Å². The van der Waals surface area contributed by atoms with Crippen LogP contribution >= 0.6 is 11.8 Å². The van der Waals surface area contributed by atoms with Crippen molar-refractivity contribution >= 4 is 28.7 Å². The van der Waals surface area contributed by atoms with Gasteiger partial charge in [0.2, 0.25) is 0 Å². The van der Waals surface area contributed by atoms with Crippen molar-refractivity contribution in [1.29, 1.82) is 0 Å². The van der Waals surface area contributed by atoms with Gasteiger partial charge < -0.3 is 9.47 Å². The number of aliphatic imine (C=N–C) groups is 1. The molecule has 1 N–H and O–H groups in total. The molecular weight excluding hydrogens is 406 g/mol. The average Bonchev–Trinajstić information content (AvgIpc) is 3.11. The summed E-state index contributed by atoms with van der Waals surface area (Å²) in [6.45, 7) is 5.34. The number of nitrogens with one attached hydrogen (secondary N) is 1. The summed E-state index contributed by atoms with van der Waals surface area (Å²) in [4.78, 5) is 27.9. The van der Waals surface area contributed by atoms with Crippen LogP contribution in [0.4, 0.5) is 10.5 Å². The SMILES string of the molecule is COc1ccc(C2(c3cccc([N+](=O)[O-])c3)CSC(NC(=O)OC(C)(C)C)=N2)cc1. The van der Waals surface area contributed by atoms with Gasteiger partial charge in [-0.3, -0.25) is 15.4 Å². The lowest BCUT2D eigenvalue weighted by Crippen LogP contribution is -2.34. The largest absolute Gasteiger partial charge is 0.497 e. The molecular formula is C21H23N3O5S. The molecule has 1 atom stereocenters. The summed E-state index contributed by atoms with van der Waals surface area (Å²) >= 11 is 1.35. The molecule has 1 aliphatic heterocycles. The molecule has 0 fully saturated rings. The minimum absolute atomic E-state index is 0.0193. The summed E-state index contributed by atoms with van der Waals surface area (Å²) in [5.74, 6) is 1.15. The zero-order valence-electron chi connectivity index (χ0n) is 17.2. The van der Waals surface area contributed by atoms with Gasteiger partial charge in [-0.25, -0.2) is 9.79 Å². The maximum atomic E-state index is 12.2. The lowest BCUT2D eigenvalue weighted by Gasteiger charge is -2.26. The molecule has 1 unspecified atom stereocenters. The second-order valence-corrected chi connectivity index (χ2v) is 8.69. The van der Waals surface area contributed by atoms with Crippen LogP contribution < -0.4 is 10.1 Å². The summed E-state index contributed by atoms with van der Waals surface area (Å²) < 4.78 is 10.5. The van der Waals surface area contributed by atoms with Crippen LogP contribution in [-0.4, -0.2) is 34.6 Å². The van der Waals surface area contributed by atoms with Crippen LogP contribution in [0.3, 0.4) is 0 Å². The molecule has 9 heteroatoms. The Labute approximate surface area is 178 Å². The van der Waals surface area contributed by atoms with Crippen molar-refractivity contribution in [3.8, 4) is 5.75 Å². The van der Waals surface area contributed by atoms with Gasteiger partial charge in [0.25, 0.3) is 5.69 Å². The van der Waals surface area contributed by atoms with Crippen molar-refractivity contribution < 1.29 is 19.2 Å². The normalized spacial score (nSPS) is 18.5. The topological polar surface area (TPSA) is 103 Å². The molecule has 1 aliphatic rings. The van der Waals surface area contributed by atoms with E-state index in [1.165, 1.54) is 23.9 Å². The molecule has 0 saturated heterocycles. The highest BCUT2D eigenvalue weighted by atomic mass is 32.2. The monoisotopic (exact) mass is 429 g/mol. The number of ether oxygens (including phenoxy) is 2. The van der Waals surface area contributed by atoms with E-state index < -0.39 is 22.2 Å². The van der Waals surface area contributed by atoms with E-state index in [1.807, 2.05) is 24.3 Å². The third-order valence-electron chi connectivity index (χ3n) is 4.42. The number of benzene rings is 2. The number of nitro benzene ring substituents is 1. The maximum Gasteiger partial charge on any atom is 0.413 e. The Balaban J connectivity index is 2.03. The molecule has 30 heavy (non-hydrogen) atoms. The van der Waals surface area contributed by atoms with Crippen LogP contribution in [0.5, 0.6) is 5.75 Å². The molecule has 0 radical (unpaired) electrons. The van der Waals surface area contributed by atoms with Crippen LogP contribution in [0.25, 0.3) is 0 Å². The highest BCUT2D eigenvalue weighted by Crippen LogP contribution is 2.43. The van der Waals surface area contributed by atoms with Gasteiger partial charge >= 0.3 is 6.09 Å². The third kappa shape index (κ3) is 4.73. The van der Waals surface area contributed by atoms with Crippen molar-refractivity contribution in [2.24, 2.45) is 4.99 Å². The van der Waals surface area contributed by atoms with Crippen molar-refractivity contribution in [2.75, 3.05) is 12.9 Å². The van der Waals surface area contributed by atoms with Crippen molar-refractivity contribution in [3.05, 3.63) is 69.8 Å². The first kappa shape index (κ1) is 21.6. The number of carbonyl (C=O) groups is 1. The van der Waals surface area contributed by atoms with Crippen molar-refractivity contribution in [3.63, 3.8) is 0 Å². The Bertz CT molecular complexity index is 985. The Morgan fingerprint density at radius 2 is 1.90 bits per heavy atom. The Morgan fingerprint density at radius 3 is 2.50 bits per heavy atom. The number of methoxy groups -OCH3 is 1. The molecule has 0 saturated carbocycles. The molecule has 0 aliphatic carbocycles. The molecule has 1 amide bonds. The summed E-state index contributed by atoms with van der Waals surface area (Å²) in [7, 11) is 1.58. The van der Waals surface area contributed by atoms with E-state index in [0.29, 0.717) is 22.2 Å². The lowest BCUT2D eigenvalue weighted by molar-refractivity contribution is -0.384. The molecule has 2 aromatic carbocycles. The second-order valence-electron chi connectivity index (χ2n) is 7.73. The van der Waals surface area contributed by atoms with Crippen LogP contribution in [0.2, 0.25) is 0 Å². The fourth-order valence-corrected chi connectivity index (χ4v) is 4.19. The molecule has 3 rings (SSSR count). The van der Waals surface area contributed by atoms with Gasteiger partial charge in [0.1, 0.15) is 16.9 Å². The number of amides is 1. The first-order valence-corrected chi connectivity index (χ1v) is 10.2. The van der Waals surface area contributed by atoms with Gasteiger partial charge in [0.05, 0.1) is 12.0 Å². The second kappa shape index (κ2) is 8.35. The van der Waals surface area contributed by atoms with E-state index in [-0.39, 0.29) is 5.69 Å². The van der Waals surface area contributed by atoms with E-state index in [1.54, 1.807) is 40.0 Å². The van der Waals surface area contributed by atoms with Crippen LogP contribution in [0.15, 0.2) is 53.5 Å². The van der Waals surface area contributed by atoms with Crippen LogP contribution in [0.1, 0.15) is 31.9 Å². The van der Waals surface area contributed by atoms with Gasteiger partial charge in [-0.1, -0.05) is 36.0 Å². The van der Waals surface area contributed by atoms with Gasteiger partial charge in [0.15, 0.2) is 5.17 Å². The number of hydrogen-bond donors (Lipinski definition) is 1. The maximum absolute atomic E-state index is 12.2. The summed E-state index contributed by atoms with van der Waals surface area (Å²) in [6, 6.07) is 13.8. The van der Waals surface area contributed by atoms with Gasteiger partial charge in [-0.15, -0.1) is 0 Å². The number of nitro groups is 1. The molecule has 1 heterocycles. The third-order valence-corrected chi connectivity index (χ3v) is 5.45. The van der Waals surface area contributed by atoms with Crippen LogP contribution in [-0.2, 0) is 10.3 Å². The van der Waals surface area contributed by atoms with Crippen LogP contribution in [0, 0.1) is 10.1 Å². The summed E-state index contributed by atoms with van der Waals surface area (Å²) in [5.41, 5.74) is -0.0595. The first-order valence-electron chi connectivity index (χ1n) is 9.25. The number of carbonyl (C=O) groups excluding carboxylic acids is 1. The van der Waals surface area contributed by atoms with E-state index in [4.69, 9.17) is 14.5 Å². The van der Waals surface area contributed by atoms with E-state index >= 15 is 0 Å². The summed E-state index contributed by atoms with van der Waals surface area (Å²) in [6.07, 6.45) is -0.599. The fourth-order valence-electron chi connectivity index (χ4n) is 3.07. The minimum Gasteiger partial charge on any atom is -0.497 e. The van der Waals surface area contributed by atoms with E-state index in [0.717, 1.165) is 5.56 Å². The summed E-state index contributed by atoms with van der Waals surface area (Å²) in [5, 5.41) is 14.4. The number of alkyl carbamates (subject to hydrolysis) is 1. The van der Waals surface area contributed by atoms with E-state index in [9.17, 15) is 14.9 Å². The Hall–Kier alpha value is -3.07. The number of thioether (sulfide) groups is 1. The zero-order chi connectivity index (χ0) is 21.9. The number of amidine groups is 1. The van der Waals surface area contributed by atoms with Crippen molar-refractivity contribution in [1.82, 2.24) is 5.32 Å². The molecule has 0 spiro atoms.